The number of hydrogen-bond acceptors (Lipinski definition) is 6. The Hall–Kier alpha value is -5.96. The lowest BCUT2D eigenvalue weighted by atomic mass is 9.78. The van der Waals surface area contributed by atoms with E-state index in [-0.39, 0.29) is 25.0 Å². The van der Waals surface area contributed by atoms with Crippen molar-refractivity contribution in [2.75, 3.05) is 0 Å². The predicted molar refractivity (Wildman–Crippen MR) is 216 cm³/mol. The van der Waals surface area contributed by atoms with Crippen LogP contribution in [-0.4, -0.2) is 16.8 Å². The van der Waals surface area contributed by atoms with E-state index in [2.05, 4.69) is 26.0 Å². The second-order valence-electron chi connectivity index (χ2n) is 13.9. The van der Waals surface area contributed by atoms with Gasteiger partial charge in [-0.05, 0) is 133 Å². The smallest absolute Gasteiger partial charge is 0.206 e. The summed E-state index contributed by atoms with van der Waals surface area (Å²) in [5.41, 5.74) is 5.03. The van der Waals surface area contributed by atoms with Gasteiger partial charge in [0.1, 0.15) is 23.0 Å². The number of benzene rings is 7. The van der Waals surface area contributed by atoms with Gasteiger partial charge in [-0.3, -0.25) is 0 Å². The lowest BCUT2D eigenvalue weighted by Crippen LogP contribution is -2.18. The minimum atomic E-state index is -3.69. The maximum absolute atomic E-state index is 13.3. The third-order valence-corrected chi connectivity index (χ3v) is 13.3. The van der Waals surface area contributed by atoms with Crippen LogP contribution in [0.1, 0.15) is 41.7 Å². The molecule has 276 valence electrons. The molecule has 0 bridgehead atoms. The van der Waals surface area contributed by atoms with E-state index >= 15 is 0 Å². The lowest BCUT2D eigenvalue weighted by molar-refractivity contribution is 0.480. The molecule has 7 aromatic rings. The second kappa shape index (κ2) is 15.4. The zero-order valence-corrected chi connectivity index (χ0v) is 32.3. The fourth-order valence-electron chi connectivity index (χ4n) is 6.30. The molecule has 0 heterocycles. The number of aryl methyl sites for hydroxylation is 1. The Morgan fingerprint density at radius 1 is 0.400 bits per heavy atom. The van der Waals surface area contributed by atoms with Crippen molar-refractivity contribution in [3.63, 3.8) is 0 Å². The monoisotopic (exact) mass is 764 g/mol. The minimum Gasteiger partial charge on any atom is -0.457 e. The molecule has 0 aromatic heterocycles. The Bertz CT molecular complexity index is 2600. The van der Waals surface area contributed by atoms with Gasteiger partial charge in [0.25, 0.3) is 0 Å². The molecular weight excluding hydrogens is 725 g/mol. The van der Waals surface area contributed by atoms with Crippen LogP contribution in [0.3, 0.4) is 0 Å². The minimum absolute atomic E-state index is 0.200. The molecule has 0 aliphatic heterocycles. The van der Waals surface area contributed by atoms with Crippen LogP contribution in [-0.2, 0) is 31.5 Å². The first-order valence-corrected chi connectivity index (χ1v) is 20.8. The number of rotatable bonds is 12. The summed E-state index contributed by atoms with van der Waals surface area (Å²) in [6, 6.07) is 52.5. The van der Waals surface area contributed by atoms with E-state index in [1.165, 1.54) is 5.56 Å². The lowest BCUT2D eigenvalue weighted by Gasteiger charge is -2.26. The van der Waals surface area contributed by atoms with Crippen molar-refractivity contribution >= 4 is 19.7 Å². The summed E-state index contributed by atoms with van der Waals surface area (Å²) in [4.78, 5) is 0.909. The van der Waals surface area contributed by atoms with E-state index in [0.717, 1.165) is 28.7 Å². The molecule has 0 saturated heterocycles. The molecule has 0 atom stereocenters. The molecule has 6 nitrogen and oxygen atoms in total. The van der Waals surface area contributed by atoms with Gasteiger partial charge in [-0.1, -0.05) is 98.3 Å². The first kappa shape index (κ1) is 37.4. The fourth-order valence-corrected chi connectivity index (χ4v) is 8.82. The molecule has 7 rings (SSSR count). The van der Waals surface area contributed by atoms with Gasteiger partial charge in [-0.15, -0.1) is 0 Å². The van der Waals surface area contributed by atoms with E-state index in [9.17, 15) is 16.8 Å². The highest BCUT2D eigenvalue weighted by Gasteiger charge is 2.24. The van der Waals surface area contributed by atoms with Gasteiger partial charge in [-0.25, -0.2) is 16.8 Å². The standard InChI is InChI=1S/C47H40O6S2/c1-34-9-25-43(26-10-34)54(48,49)45-29-21-41(22-30-45)52-39-17-13-37(14-18-39)47(2,3)38-15-19-40(20-16-38)53-42-23-31-46(32-24-42)55(50,51)44-27-11-36(12-28-44)33-35-7-5-4-6-8-35/h4-32H,33H2,1-3H3. The molecule has 0 spiro atoms. The van der Waals surface area contributed by atoms with Crippen molar-refractivity contribution in [3.05, 3.63) is 204 Å². The van der Waals surface area contributed by atoms with Crippen LogP contribution in [0.15, 0.2) is 196 Å². The molecule has 0 N–H and O–H groups in total. The van der Waals surface area contributed by atoms with Crippen LogP contribution >= 0.6 is 0 Å². The summed E-state index contributed by atoms with van der Waals surface area (Å²) in [5, 5.41) is 0. The Labute approximate surface area is 323 Å². The topological polar surface area (TPSA) is 86.7 Å². The van der Waals surface area contributed by atoms with Gasteiger partial charge in [0, 0.05) is 5.41 Å². The molecule has 0 unspecified atom stereocenters. The van der Waals surface area contributed by atoms with Crippen molar-refractivity contribution in [1.29, 1.82) is 0 Å². The highest BCUT2D eigenvalue weighted by Crippen LogP contribution is 2.35. The van der Waals surface area contributed by atoms with Crippen molar-refractivity contribution < 1.29 is 26.3 Å². The number of ether oxygens (including phenoxy) is 2. The Morgan fingerprint density at radius 3 is 1.09 bits per heavy atom. The zero-order chi connectivity index (χ0) is 38.6. The summed E-state index contributed by atoms with van der Waals surface area (Å²) in [6.07, 6.45) is 0.736. The van der Waals surface area contributed by atoms with Crippen molar-refractivity contribution in [1.82, 2.24) is 0 Å². The van der Waals surface area contributed by atoms with Gasteiger partial charge < -0.3 is 9.47 Å². The molecule has 0 aliphatic carbocycles. The maximum Gasteiger partial charge on any atom is 0.206 e. The normalized spacial score (nSPS) is 11.9. The van der Waals surface area contributed by atoms with Gasteiger partial charge in [0.2, 0.25) is 19.7 Å². The van der Waals surface area contributed by atoms with E-state index in [0.29, 0.717) is 23.0 Å². The number of hydrogen-bond donors (Lipinski definition) is 0. The first-order chi connectivity index (χ1) is 26.4. The van der Waals surface area contributed by atoms with Gasteiger partial charge in [0.15, 0.2) is 0 Å². The SMILES string of the molecule is Cc1ccc(S(=O)(=O)c2ccc(Oc3ccc(C(C)(C)c4ccc(Oc5ccc(S(=O)(=O)c6ccc(Cc7ccccc7)cc6)cc5)cc4)cc3)cc2)cc1. The summed E-state index contributed by atoms with van der Waals surface area (Å²) >= 11 is 0. The van der Waals surface area contributed by atoms with Crippen LogP contribution in [0.25, 0.3) is 0 Å². The molecule has 0 amide bonds. The van der Waals surface area contributed by atoms with Gasteiger partial charge in [0.05, 0.1) is 19.6 Å². The molecule has 0 aliphatic rings. The van der Waals surface area contributed by atoms with Crippen LogP contribution in [0.4, 0.5) is 0 Å². The van der Waals surface area contributed by atoms with Crippen molar-refractivity contribution in [2.45, 2.75) is 52.2 Å². The zero-order valence-electron chi connectivity index (χ0n) is 30.7. The predicted octanol–water partition coefficient (Wildman–Crippen LogP) is 11.2. The third-order valence-electron chi connectivity index (χ3n) is 9.71. The largest absolute Gasteiger partial charge is 0.457 e. The quantitative estimate of drug-likeness (QED) is 0.123. The van der Waals surface area contributed by atoms with Gasteiger partial charge >= 0.3 is 0 Å². The van der Waals surface area contributed by atoms with Crippen LogP contribution in [0, 0.1) is 6.92 Å². The Balaban J connectivity index is 0.959. The molecule has 8 heteroatoms. The summed E-state index contributed by atoms with van der Waals surface area (Å²) in [6.45, 7) is 6.20. The molecular formula is C47H40O6S2. The molecule has 0 fully saturated rings. The van der Waals surface area contributed by atoms with Gasteiger partial charge in [-0.2, -0.15) is 0 Å². The summed E-state index contributed by atoms with van der Waals surface area (Å²) in [7, 11) is -7.30. The molecule has 0 radical (unpaired) electrons. The molecule has 0 saturated carbocycles. The third kappa shape index (κ3) is 8.41. The highest BCUT2D eigenvalue weighted by atomic mass is 32.2. The maximum atomic E-state index is 13.3. The average molecular weight is 765 g/mol. The van der Waals surface area contributed by atoms with Crippen LogP contribution < -0.4 is 9.47 Å². The van der Waals surface area contributed by atoms with Crippen LogP contribution in [0.5, 0.6) is 23.0 Å². The Morgan fingerprint density at radius 2 is 0.709 bits per heavy atom. The van der Waals surface area contributed by atoms with Crippen molar-refractivity contribution in [2.24, 2.45) is 0 Å². The summed E-state index contributed by atoms with van der Waals surface area (Å²) < 4.78 is 64.9. The van der Waals surface area contributed by atoms with Crippen molar-refractivity contribution in [3.8, 4) is 23.0 Å². The first-order valence-electron chi connectivity index (χ1n) is 17.8. The van der Waals surface area contributed by atoms with E-state index in [1.807, 2.05) is 85.8 Å². The van der Waals surface area contributed by atoms with E-state index in [1.54, 1.807) is 84.9 Å². The summed E-state index contributed by atoms with van der Waals surface area (Å²) in [5.74, 6) is 2.33. The number of sulfone groups is 2. The van der Waals surface area contributed by atoms with E-state index in [4.69, 9.17) is 9.47 Å². The average Bonchev–Trinajstić information content (AvgIpc) is 3.19. The van der Waals surface area contributed by atoms with E-state index < -0.39 is 19.7 Å². The molecule has 7 aromatic carbocycles. The van der Waals surface area contributed by atoms with Crippen LogP contribution in [0.2, 0.25) is 0 Å². The fraction of sp³-hybridized carbons (Fsp3) is 0.106. The Kier molecular flexibility index (Phi) is 10.5. The second-order valence-corrected chi connectivity index (χ2v) is 17.8. The highest BCUT2D eigenvalue weighted by molar-refractivity contribution is 7.91. The molecule has 55 heavy (non-hydrogen) atoms.